The zero-order valence-corrected chi connectivity index (χ0v) is 18.1. The molecule has 0 aliphatic heterocycles. The van der Waals surface area contributed by atoms with Gasteiger partial charge in [0.1, 0.15) is 0 Å². The van der Waals surface area contributed by atoms with Crippen LogP contribution in [0, 0.1) is 27.2 Å². The van der Waals surface area contributed by atoms with Crippen LogP contribution in [-0.4, -0.2) is 27.4 Å². The maximum atomic E-state index is 12.4. The molecule has 11 heteroatoms. The van der Waals surface area contributed by atoms with Gasteiger partial charge in [-0.25, -0.2) is 0 Å². The van der Waals surface area contributed by atoms with Crippen LogP contribution in [0.5, 0.6) is 0 Å². The lowest BCUT2D eigenvalue weighted by Gasteiger charge is -2.09. The minimum Gasteiger partial charge on any atom is -0.325 e. The number of nitrogens with one attached hydrogen (secondary N) is 2. The van der Waals surface area contributed by atoms with Gasteiger partial charge in [-0.15, -0.1) is 11.8 Å². The molecule has 0 spiro atoms. The molecule has 0 aliphatic rings. The van der Waals surface area contributed by atoms with E-state index in [0.717, 1.165) is 4.90 Å². The zero-order valence-electron chi connectivity index (χ0n) is 17.3. The van der Waals surface area contributed by atoms with Crippen molar-refractivity contribution in [1.82, 2.24) is 0 Å². The van der Waals surface area contributed by atoms with Gasteiger partial charge in [-0.1, -0.05) is 6.07 Å². The Hall–Kier alpha value is -4.25. The van der Waals surface area contributed by atoms with Crippen LogP contribution in [0.1, 0.15) is 15.9 Å². The maximum Gasteiger partial charge on any atom is 0.269 e. The molecule has 0 heterocycles. The Bertz CT molecular complexity index is 1230. The van der Waals surface area contributed by atoms with E-state index in [0.29, 0.717) is 16.9 Å². The fourth-order valence-electron chi connectivity index (χ4n) is 2.84. The lowest BCUT2D eigenvalue weighted by atomic mass is 10.2. The predicted octanol–water partition coefficient (Wildman–Crippen LogP) is 4.79. The number of aryl methyl sites for hydroxylation is 1. The van der Waals surface area contributed by atoms with Gasteiger partial charge in [0, 0.05) is 46.1 Å². The number of hydrogen-bond donors (Lipinski definition) is 2. The van der Waals surface area contributed by atoms with E-state index >= 15 is 0 Å². The van der Waals surface area contributed by atoms with E-state index < -0.39 is 15.8 Å². The van der Waals surface area contributed by atoms with Crippen LogP contribution in [0.15, 0.2) is 71.6 Å². The van der Waals surface area contributed by atoms with Crippen molar-refractivity contribution in [1.29, 1.82) is 0 Å². The third-order valence-corrected chi connectivity index (χ3v) is 5.49. The highest BCUT2D eigenvalue weighted by molar-refractivity contribution is 8.00. The average molecular weight is 466 g/mol. The van der Waals surface area contributed by atoms with E-state index in [4.69, 9.17) is 0 Å². The summed E-state index contributed by atoms with van der Waals surface area (Å²) in [4.78, 5) is 45.9. The summed E-state index contributed by atoms with van der Waals surface area (Å²) < 4.78 is 0. The SMILES string of the molecule is Cc1cc([N+](=O)[O-])ccc1NC(=O)CSc1cccc(NC(=O)c2ccc([N+](=O)[O-])cc2)c1. The van der Waals surface area contributed by atoms with Crippen molar-refractivity contribution in [3.05, 3.63) is 98.1 Å². The smallest absolute Gasteiger partial charge is 0.269 e. The number of rotatable bonds is 8. The molecule has 0 atom stereocenters. The normalized spacial score (nSPS) is 10.3. The summed E-state index contributed by atoms with van der Waals surface area (Å²) in [7, 11) is 0. The monoisotopic (exact) mass is 466 g/mol. The van der Waals surface area contributed by atoms with Crippen LogP contribution in [0.4, 0.5) is 22.7 Å². The average Bonchev–Trinajstić information content (AvgIpc) is 2.79. The number of hydrogen-bond acceptors (Lipinski definition) is 7. The molecule has 0 bridgehead atoms. The highest BCUT2D eigenvalue weighted by Crippen LogP contribution is 2.24. The minimum atomic E-state index is -0.540. The molecule has 0 saturated carbocycles. The van der Waals surface area contributed by atoms with E-state index in [9.17, 15) is 29.8 Å². The third-order valence-electron chi connectivity index (χ3n) is 4.50. The van der Waals surface area contributed by atoms with Gasteiger partial charge in [-0.2, -0.15) is 0 Å². The summed E-state index contributed by atoms with van der Waals surface area (Å²) >= 11 is 1.26. The van der Waals surface area contributed by atoms with Crippen molar-refractivity contribution in [2.45, 2.75) is 11.8 Å². The molecule has 2 amide bonds. The Morgan fingerprint density at radius 1 is 0.879 bits per heavy atom. The topological polar surface area (TPSA) is 144 Å². The summed E-state index contributed by atoms with van der Waals surface area (Å²) in [6, 6.07) is 16.4. The molecule has 168 valence electrons. The van der Waals surface area contributed by atoms with Crippen LogP contribution in [0.3, 0.4) is 0 Å². The Kier molecular flexibility index (Phi) is 7.36. The first kappa shape index (κ1) is 23.4. The van der Waals surface area contributed by atoms with Gasteiger partial charge < -0.3 is 10.6 Å². The van der Waals surface area contributed by atoms with Gasteiger partial charge >= 0.3 is 0 Å². The quantitative estimate of drug-likeness (QED) is 0.276. The molecule has 2 N–H and O–H groups in total. The molecule has 0 aromatic heterocycles. The highest BCUT2D eigenvalue weighted by Gasteiger charge is 2.12. The summed E-state index contributed by atoms with van der Waals surface area (Å²) in [5, 5.41) is 27.0. The predicted molar refractivity (Wildman–Crippen MR) is 125 cm³/mol. The van der Waals surface area contributed by atoms with Crippen LogP contribution < -0.4 is 10.6 Å². The lowest BCUT2D eigenvalue weighted by Crippen LogP contribution is -2.15. The Balaban J connectivity index is 1.57. The van der Waals surface area contributed by atoms with Gasteiger partial charge in [0.15, 0.2) is 0 Å². The highest BCUT2D eigenvalue weighted by atomic mass is 32.2. The van der Waals surface area contributed by atoms with Crippen LogP contribution in [-0.2, 0) is 4.79 Å². The lowest BCUT2D eigenvalue weighted by molar-refractivity contribution is -0.385. The summed E-state index contributed by atoms with van der Waals surface area (Å²) in [6.07, 6.45) is 0. The Morgan fingerprint density at radius 2 is 1.55 bits per heavy atom. The number of nitro benzene ring substituents is 2. The van der Waals surface area contributed by atoms with Gasteiger partial charge in [0.2, 0.25) is 5.91 Å². The molecule has 0 aliphatic carbocycles. The van der Waals surface area contributed by atoms with Crippen LogP contribution in [0.2, 0.25) is 0 Å². The first-order chi connectivity index (χ1) is 15.7. The second kappa shape index (κ2) is 10.4. The van der Waals surface area contributed by atoms with E-state index in [1.54, 1.807) is 31.2 Å². The van der Waals surface area contributed by atoms with E-state index in [1.165, 1.54) is 54.2 Å². The fourth-order valence-corrected chi connectivity index (χ4v) is 3.59. The van der Waals surface area contributed by atoms with Crippen molar-refractivity contribution in [2.24, 2.45) is 0 Å². The van der Waals surface area contributed by atoms with E-state index in [1.807, 2.05) is 0 Å². The van der Waals surface area contributed by atoms with Crippen molar-refractivity contribution in [2.75, 3.05) is 16.4 Å². The van der Waals surface area contributed by atoms with E-state index in [2.05, 4.69) is 10.6 Å². The summed E-state index contributed by atoms with van der Waals surface area (Å²) in [6.45, 7) is 1.67. The summed E-state index contributed by atoms with van der Waals surface area (Å²) in [5.74, 6) is -0.605. The zero-order chi connectivity index (χ0) is 24.0. The number of thioether (sulfide) groups is 1. The first-order valence-electron chi connectivity index (χ1n) is 9.56. The largest absolute Gasteiger partial charge is 0.325 e. The molecule has 3 rings (SSSR count). The molecule has 0 unspecified atom stereocenters. The minimum absolute atomic E-state index is 0.0486. The van der Waals surface area contributed by atoms with Crippen LogP contribution >= 0.6 is 11.8 Å². The fraction of sp³-hybridized carbons (Fsp3) is 0.0909. The maximum absolute atomic E-state index is 12.4. The Morgan fingerprint density at radius 3 is 2.18 bits per heavy atom. The number of benzene rings is 3. The van der Waals surface area contributed by atoms with E-state index in [-0.39, 0.29) is 28.6 Å². The second-order valence-electron chi connectivity index (χ2n) is 6.88. The van der Waals surface area contributed by atoms with Gasteiger partial charge in [0.05, 0.1) is 15.6 Å². The molecule has 0 saturated heterocycles. The molecule has 0 radical (unpaired) electrons. The van der Waals surface area contributed by atoms with Crippen molar-refractivity contribution < 1.29 is 19.4 Å². The summed E-state index contributed by atoms with van der Waals surface area (Å²) in [5.41, 5.74) is 1.71. The molecule has 0 fully saturated rings. The molecular formula is C22H18N4O6S. The molecule has 33 heavy (non-hydrogen) atoms. The number of anilines is 2. The second-order valence-corrected chi connectivity index (χ2v) is 7.93. The molecule has 3 aromatic carbocycles. The number of carbonyl (C=O) groups excluding carboxylic acids is 2. The van der Waals surface area contributed by atoms with Crippen molar-refractivity contribution >= 4 is 46.3 Å². The van der Waals surface area contributed by atoms with Gasteiger partial charge in [-0.3, -0.25) is 29.8 Å². The first-order valence-corrected chi connectivity index (χ1v) is 10.5. The Labute approximate surface area is 192 Å². The molecular weight excluding hydrogens is 448 g/mol. The van der Waals surface area contributed by atoms with Gasteiger partial charge in [-0.05, 0) is 48.9 Å². The van der Waals surface area contributed by atoms with Gasteiger partial charge in [0.25, 0.3) is 17.3 Å². The number of non-ortho nitro benzene ring substituents is 2. The number of nitro groups is 2. The molecule has 3 aromatic rings. The van der Waals surface area contributed by atoms with Crippen molar-refractivity contribution in [3.63, 3.8) is 0 Å². The number of amides is 2. The molecule has 10 nitrogen and oxygen atoms in total. The van der Waals surface area contributed by atoms with Crippen molar-refractivity contribution in [3.8, 4) is 0 Å². The van der Waals surface area contributed by atoms with Crippen LogP contribution in [0.25, 0.3) is 0 Å². The standard InChI is InChI=1S/C22H18N4O6S/c1-14-11-18(26(31)32)9-10-20(14)24-21(27)13-33-19-4-2-3-16(12-19)23-22(28)15-5-7-17(8-6-15)25(29)30/h2-12H,13H2,1H3,(H,23,28)(H,24,27). The number of nitrogens with zero attached hydrogens (tertiary/aromatic N) is 2. The number of carbonyl (C=O) groups is 2. The third kappa shape index (κ3) is 6.37.